The molecule has 0 rings (SSSR count). The van der Waals surface area contributed by atoms with Gasteiger partial charge < -0.3 is 4.74 Å². The molecule has 1 atom stereocenters. The van der Waals surface area contributed by atoms with Gasteiger partial charge in [-0.1, -0.05) is 47.0 Å². The first-order valence-electron chi connectivity index (χ1n) is 7.07. The normalized spacial score (nSPS) is 14.9. The highest BCUT2D eigenvalue weighted by atomic mass is 16.5. The molecule has 0 saturated carbocycles. The highest BCUT2D eigenvalue weighted by molar-refractivity contribution is 5.85. The number of carbonyl (C=O) groups is 1. The van der Waals surface area contributed by atoms with Gasteiger partial charge in [0, 0.05) is 13.5 Å². The molecule has 0 bridgehead atoms. The van der Waals surface area contributed by atoms with Crippen molar-refractivity contribution in [3.63, 3.8) is 0 Å². The summed E-state index contributed by atoms with van der Waals surface area (Å²) in [5.41, 5.74) is -0.253. The second-order valence-electron chi connectivity index (χ2n) is 5.37. The topological polar surface area (TPSA) is 26.3 Å². The zero-order valence-electron chi connectivity index (χ0n) is 12.3. The van der Waals surface area contributed by atoms with Gasteiger partial charge in [0.25, 0.3) is 0 Å². The van der Waals surface area contributed by atoms with Crippen LogP contribution < -0.4 is 0 Å². The highest BCUT2D eigenvalue weighted by Crippen LogP contribution is 2.36. The van der Waals surface area contributed by atoms with Gasteiger partial charge in [-0.05, 0) is 18.8 Å². The summed E-state index contributed by atoms with van der Waals surface area (Å²) in [5.74, 6) is 0.765. The van der Waals surface area contributed by atoms with Crippen LogP contribution in [0.25, 0.3) is 0 Å². The van der Waals surface area contributed by atoms with Crippen molar-refractivity contribution in [2.75, 3.05) is 13.7 Å². The van der Waals surface area contributed by atoms with Crippen LogP contribution in [-0.2, 0) is 9.53 Å². The third kappa shape index (κ3) is 4.79. The molecule has 0 fully saturated rings. The summed E-state index contributed by atoms with van der Waals surface area (Å²) in [5, 5.41) is 0. The zero-order valence-corrected chi connectivity index (χ0v) is 12.3. The Labute approximate surface area is 107 Å². The minimum Gasteiger partial charge on any atom is -0.384 e. The van der Waals surface area contributed by atoms with Gasteiger partial charge in [-0.15, -0.1) is 0 Å². The Bertz CT molecular complexity index is 203. The number of rotatable bonds is 10. The molecule has 1 unspecified atom stereocenters. The van der Waals surface area contributed by atoms with E-state index in [4.69, 9.17) is 4.74 Å². The second kappa shape index (κ2) is 8.68. The minimum absolute atomic E-state index is 0.253. The van der Waals surface area contributed by atoms with Gasteiger partial charge in [-0.25, -0.2) is 0 Å². The molecule has 0 aliphatic rings. The maximum atomic E-state index is 12.5. The lowest BCUT2D eigenvalue weighted by Gasteiger charge is -2.35. The molecule has 0 heterocycles. The van der Waals surface area contributed by atoms with E-state index in [2.05, 4.69) is 27.7 Å². The van der Waals surface area contributed by atoms with E-state index < -0.39 is 0 Å². The maximum absolute atomic E-state index is 12.5. The van der Waals surface area contributed by atoms with Crippen molar-refractivity contribution in [1.82, 2.24) is 0 Å². The Kier molecular flexibility index (Phi) is 8.49. The number of hydrogen-bond donors (Lipinski definition) is 0. The summed E-state index contributed by atoms with van der Waals surface area (Å²) < 4.78 is 5.33. The Morgan fingerprint density at radius 2 is 1.82 bits per heavy atom. The fourth-order valence-electron chi connectivity index (χ4n) is 2.56. The van der Waals surface area contributed by atoms with Crippen LogP contribution in [-0.4, -0.2) is 19.5 Å². The maximum Gasteiger partial charge on any atom is 0.141 e. The van der Waals surface area contributed by atoms with Gasteiger partial charge in [0.1, 0.15) is 5.78 Å². The smallest absolute Gasteiger partial charge is 0.141 e. The summed E-state index contributed by atoms with van der Waals surface area (Å²) in [4.78, 5) is 12.5. The zero-order chi connectivity index (χ0) is 13.3. The lowest BCUT2D eigenvalue weighted by molar-refractivity contribution is -0.136. The molecule has 0 aromatic heterocycles. The summed E-state index contributed by atoms with van der Waals surface area (Å²) in [6.45, 7) is 9.18. The Morgan fingerprint density at radius 3 is 2.24 bits per heavy atom. The molecule has 17 heavy (non-hydrogen) atoms. The molecule has 0 aliphatic carbocycles. The standard InChI is InChI=1S/C15H30O2/c1-6-8-9-10-14(16)15(11-7-2,12-17-5)13(3)4/h13H,6-12H2,1-5H3. The monoisotopic (exact) mass is 242 g/mol. The first kappa shape index (κ1) is 16.6. The van der Waals surface area contributed by atoms with Gasteiger partial charge in [0.05, 0.1) is 12.0 Å². The van der Waals surface area contributed by atoms with Gasteiger partial charge in [0.2, 0.25) is 0 Å². The summed E-state index contributed by atoms with van der Waals surface area (Å²) in [6.07, 6.45) is 6.05. The summed E-state index contributed by atoms with van der Waals surface area (Å²) in [6, 6.07) is 0. The average Bonchev–Trinajstić information content (AvgIpc) is 2.28. The molecule has 102 valence electrons. The van der Waals surface area contributed by atoms with Crippen molar-refractivity contribution >= 4 is 5.78 Å². The molecule has 0 aromatic rings. The van der Waals surface area contributed by atoms with Crippen molar-refractivity contribution in [1.29, 1.82) is 0 Å². The third-order valence-electron chi connectivity index (χ3n) is 3.77. The Hall–Kier alpha value is -0.370. The predicted octanol–water partition coefficient (Wildman–Crippen LogP) is 4.22. The SMILES string of the molecule is CCCCCC(=O)C(CCC)(COC)C(C)C. The van der Waals surface area contributed by atoms with Crippen LogP contribution in [0.1, 0.15) is 66.2 Å². The lowest BCUT2D eigenvalue weighted by atomic mass is 9.70. The van der Waals surface area contributed by atoms with Gasteiger partial charge in [0.15, 0.2) is 0 Å². The fraction of sp³-hybridized carbons (Fsp3) is 0.933. The number of hydrogen-bond acceptors (Lipinski definition) is 2. The fourth-order valence-corrected chi connectivity index (χ4v) is 2.56. The van der Waals surface area contributed by atoms with Crippen molar-refractivity contribution in [3.8, 4) is 0 Å². The molecular weight excluding hydrogens is 212 g/mol. The molecule has 2 nitrogen and oxygen atoms in total. The molecule has 0 aliphatic heterocycles. The van der Waals surface area contributed by atoms with Crippen LogP contribution in [0.5, 0.6) is 0 Å². The van der Waals surface area contributed by atoms with Gasteiger partial charge in [-0.2, -0.15) is 0 Å². The number of ether oxygens (including phenoxy) is 1. The Balaban J connectivity index is 4.67. The molecular formula is C15H30O2. The number of ketones is 1. The third-order valence-corrected chi connectivity index (χ3v) is 3.77. The largest absolute Gasteiger partial charge is 0.384 e. The van der Waals surface area contributed by atoms with E-state index >= 15 is 0 Å². The van der Waals surface area contributed by atoms with Gasteiger partial charge >= 0.3 is 0 Å². The number of Topliss-reactive ketones (excluding diaryl/α,β-unsaturated/α-hetero) is 1. The van der Waals surface area contributed by atoms with Crippen molar-refractivity contribution < 1.29 is 9.53 Å². The summed E-state index contributed by atoms with van der Waals surface area (Å²) >= 11 is 0. The van der Waals surface area contributed by atoms with E-state index in [0.717, 1.165) is 32.1 Å². The quantitative estimate of drug-likeness (QED) is 0.536. The van der Waals surface area contributed by atoms with E-state index in [1.807, 2.05) is 0 Å². The van der Waals surface area contributed by atoms with E-state index in [9.17, 15) is 4.79 Å². The first-order chi connectivity index (χ1) is 8.05. The predicted molar refractivity (Wildman–Crippen MR) is 73.2 cm³/mol. The van der Waals surface area contributed by atoms with Crippen molar-refractivity contribution in [3.05, 3.63) is 0 Å². The van der Waals surface area contributed by atoms with Crippen LogP contribution in [0.4, 0.5) is 0 Å². The van der Waals surface area contributed by atoms with E-state index in [1.54, 1.807) is 7.11 Å². The van der Waals surface area contributed by atoms with Gasteiger partial charge in [-0.3, -0.25) is 4.79 Å². The molecule has 0 amide bonds. The van der Waals surface area contributed by atoms with Crippen LogP contribution >= 0.6 is 0 Å². The Morgan fingerprint density at radius 1 is 1.18 bits per heavy atom. The first-order valence-corrected chi connectivity index (χ1v) is 7.07. The number of methoxy groups -OCH3 is 1. The van der Waals surface area contributed by atoms with E-state index in [-0.39, 0.29) is 5.41 Å². The van der Waals surface area contributed by atoms with Crippen molar-refractivity contribution in [2.24, 2.45) is 11.3 Å². The van der Waals surface area contributed by atoms with Crippen LogP contribution in [0.2, 0.25) is 0 Å². The molecule has 2 heteroatoms. The van der Waals surface area contributed by atoms with Crippen LogP contribution in [0.3, 0.4) is 0 Å². The second-order valence-corrected chi connectivity index (χ2v) is 5.37. The lowest BCUT2D eigenvalue weighted by Crippen LogP contribution is -2.40. The summed E-state index contributed by atoms with van der Waals surface area (Å²) in [7, 11) is 1.70. The average molecular weight is 242 g/mol. The molecule has 0 aromatic carbocycles. The van der Waals surface area contributed by atoms with Crippen molar-refractivity contribution in [2.45, 2.75) is 66.2 Å². The minimum atomic E-state index is -0.253. The van der Waals surface area contributed by atoms with E-state index in [1.165, 1.54) is 6.42 Å². The molecule has 0 saturated heterocycles. The highest BCUT2D eigenvalue weighted by Gasteiger charge is 2.39. The van der Waals surface area contributed by atoms with Crippen LogP contribution in [0.15, 0.2) is 0 Å². The number of carbonyl (C=O) groups excluding carboxylic acids is 1. The molecule has 0 spiro atoms. The van der Waals surface area contributed by atoms with E-state index in [0.29, 0.717) is 18.3 Å². The van der Waals surface area contributed by atoms with Crippen LogP contribution in [0, 0.1) is 11.3 Å². The molecule has 0 radical (unpaired) electrons. The molecule has 0 N–H and O–H groups in total. The number of unbranched alkanes of at least 4 members (excludes halogenated alkanes) is 2.